The molecule has 0 spiro atoms. The van der Waals surface area contributed by atoms with E-state index < -0.39 is 0 Å². The number of carbonyl (C=O) groups excluding carboxylic acids is 2. The van der Waals surface area contributed by atoms with E-state index in [2.05, 4.69) is 14.4 Å². The first-order valence-corrected chi connectivity index (χ1v) is 14.6. The fourth-order valence-corrected chi connectivity index (χ4v) is 4.58. The smallest absolute Gasteiger partial charge is 0.305 e. The number of hydrogen-bond donors (Lipinski definition) is 0. The molecule has 0 aliphatic heterocycles. The van der Waals surface area contributed by atoms with Crippen molar-refractivity contribution in [1.29, 1.82) is 0 Å². The molecule has 0 saturated carbocycles. The van der Waals surface area contributed by atoms with Crippen LogP contribution in [0.2, 0.25) is 0 Å². The van der Waals surface area contributed by atoms with Crippen molar-refractivity contribution in [2.24, 2.45) is 0 Å². The first-order valence-electron chi connectivity index (χ1n) is 14.1. The number of ether oxygens (including phenoxy) is 2. The third-order valence-corrected chi connectivity index (χ3v) is 6.74. The van der Waals surface area contributed by atoms with Crippen molar-refractivity contribution in [3.05, 3.63) is 0 Å². The van der Waals surface area contributed by atoms with Crippen molar-refractivity contribution >= 4 is 23.5 Å². The molecule has 0 amide bonds. The van der Waals surface area contributed by atoms with Crippen LogP contribution in [0.25, 0.3) is 0 Å². The summed E-state index contributed by atoms with van der Waals surface area (Å²) in [6.45, 7) is 3.39. The molecule has 0 aromatic heterocycles. The molecular weight excluding hydrogens is 450 g/mol. The number of esters is 2. The van der Waals surface area contributed by atoms with E-state index in [-0.39, 0.29) is 11.9 Å². The van der Waals surface area contributed by atoms with Gasteiger partial charge in [-0.15, -0.1) is 11.6 Å². The van der Waals surface area contributed by atoms with Gasteiger partial charge in [-0.1, -0.05) is 89.9 Å². The van der Waals surface area contributed by atoms with Gasteiger partial charge in [0.15, 0.2) is 0 Å². The van der Waals surface area contributed by atoms with Crippen LogP contribution in [0.4, 0.5) is 0 Å². The molecule has 0 bridgehead atoms. The highest BCUT2D eigenvalue weighted by atomic mass is 35.5. The molecule has 0 rings (SSSR count). The number of halogens is 1. The molecule has 0 aromatic carbocycles. The summed E-state index contributed by atoms with van der Waals surface area (Å²) in [6.07, 6.45) is 23.5. The van der Waals surface area contributed by atoms with E-state index in [1.165, 1.54) is 117 Å². The maximum absolute atomic E-state index is 11.1. The minimum absolute atomic E-state index is 0.0833. The Hall–Kier alpha value is -0.810. The summed E-state index contributed by atoms with van der Waals surface area (Å²) in [6, 6.07) is 0. The highest BCUT2D eigenvalue weighted by Crippen LogP contribution is 2.13. The Morgan fingerprint density at radius 3 is 1.09 bits per heavy atom. The van der Waals surface area contributed by atoms with Crippen LogP contribution >= 0.6 is 11.6 Å². The average Bonchev–Trinajstić information content (AvgIpc) is 2.85. The predicted molar refractivity (Wildman–Crippen MR) is 144 cm³/mol. The van der Waals surface area contributed by atoms with Gasteiger partial charge in [0, 0.05) is 25.3 Å². The van der Waals surface area contributed by atoms with Gasteiger partial charge >= 0.3 is 11.9 Å². The van der Waals surface area contributed by atoms with Crippen LogP contribution < -0.4 is 0 Å². The van der Waals surface area contributed by atoms with Crippen molar-refractivity contribution in [3.8, 4) is 0 Å². The number of alkyl halides is 1. The van der Waals surface area contributed by atoms with Gasteiger partial charge in [0.25, 0.3) is 0 Å². The lowest BCUT2D eigenvalue weighted by molar-refractivity contribution is -0.141. The number of hydrogen-bond acceptors (Lipinski definition) is 5. The zero-order chi connectivity index (χ0) is 25.1. The van der Waals surface area contributed by atoms with Crippen molar-refractivity contribution < 1.29 is 19.1 Å². The fraction of sp³-hybridized carbons (Fsp3) is 0.929. The molecule has 0 fully saturated rings. The van der Waals surface area contributed by atoms with Crippen LogP contribution in [-0.4, -0.2) is 56.6 Å². The molecule has 0 atom stereocenters. The number of methoxy groups -OCH3 is 2. The summed E-state index contributed by atoms with van der Waals surface area (Å²) in [5.41, 5.74) is 0. The molecule has 0 aliphatic rings. The van der Waals surface area contributed by atoms with Crippen molar-refractivity contribution in [2.75, 3.05) is 39.7 Å². The van der Waals surface area contributed by atoms with E-state index in [9.17, 15) is 9.59 Å². The van der Waals surface area contributed by atoms with Gasteiger partial charge in [-0.05, 0) is 38.8 Å². The van der Waals surface area contributed by atoms with E-state index in [0.29, 0.717) is 12.8 Å². The van der Waals surface area contributed by atoms with E-state index in [1.54, 1.807) is 0 Å². The Bertz CT molecular complexity index is 424. The predicted octanol–water partition coefficient (Wildman–Crippen LogP) is 7.68. The van der Waals surface area contributed by atoms with Crippen molar-refractivity contribution in [2.45, 2.75) is 128 Å². The van der Waals surface area contributed by atoms with Gasteiger partial charge in [-0.2, -0.15) is 0 Å². The van der Waals surface area contributed by atoms with E-state index >= 15 is 0 Å². The Morgan fingerprint density at radius 2 is 0.794 bits per heavy atom. The number of nitrogens with zero attached hydrogens (tertiary/aromatic N) is 1. The molecule has 34 heavy (non-hydrogen) atoms. The van der Waals surface area contributed by atoms with E-state index in [4.69, 9.17) is 11.6 Å². The Labute approximate surface area is 215 Å². The second-order valence-corrected chi connectivity index (χ2v) is 9.92. The number of rotatable bonds is 26. The molecule has 0 radical (unpaired) electrons. The van der Waals surface area contributed by atoms with Crippen molar-refractivity contribution in [1.82, 2.24) is 4.90 Å². The van der Waals surface area contributed by atoms with Crippen LogP contribution in [0.15, 0.2) is 0 Å². The molecule has 6 heteroatoms. The Morgan fingerprint density at radius 1 is 0.500 bits per heavy atom. The van der Waals surface area contributed by atoms with E-state index in [0.717, 1.165) is 38.1 Å². The third kappa shape index (κ3) is 24.3. The summed E-state index contributed by atoms with van der Waals surface area (Å²) in [4.78, 5) is 24.7. The third-order valence-electron chi connectivity index (χ3n) is 6.57. The largest absolute Gasteiger partial charge is 0.469 e. The SMILES string of the molecule is COC(=O)CCCCCCCCCCCN(CCCl)CCCCCCCCCCCC(=O)OC. The van der Waals surface area contributed by atoms with Crippen LogP contribution in [0.1, 0.15) is 128 Å². The molecule has 5 nitrogen and oxygen atoms in total. The molecule has 0 aliphatic carbocycles. The van der Waals surface area contributed by atoms with Crippen LogP contribution in [0, 0.1) is 0 Å². The number of unbranched alkanes of at least 4 members (excludes halogenated alkanes) is 16. The first kappa shape index (κ1) is 33.2. The average molecular weight is 504 g/mol. The van der Waals surface area contributed by atoms with Crippen LogP contribution in [0.5, 0.6) is 0 Å². The van der Waals surface area contributed by atoms with Crippen LogP contribution in [-0.2, 0) is 19.1 Å². The zero-order valence-corrected chi connectivity index (χ0v) is 23.2. The fourth-order valence-electron chi connectivity index (χ4n) is 4.34. The summed E-state index contributed by atoms with van der Waals surface area (Å²) in [5.74, 6) is 0.561. The molecule has 0 saturated heterocycles. The molecule has 0 N–H and O–H groups in total. The Kier molecular flexibility index (Phi) is 26.2. The molecule has 0 unspecified atom stereocenters. The second-order valence-electron chi connectivity index (χ2n) is 9.55. The lowest BCUT2D eigenvalue weighted by Crippen LogP contribution is -2.28. The lowest BCUT2D eigenvalue weighted by Gasteiger charge is -2.21. The maximum Gasteiger partial charge on any atom is 0.305 e. The minimum Gasteiger partial charge on any atom is -0.469 e. The van der Waals surface area contributed by atoms with Gasteiger partial charge < -0.3 is 14.4 Å². The number of carbonyl (C=O) groups is 2. The van der Waals surface area contributed by atoms with Crippen LogP contribution in [0.3, 0.4) is 0 Å². The maximum atomic E-state index is 11.1. The summed E-state index contributed by atoms with van der Waals surface area (Å²) in [7, 11) is 2.92. The second kappa shape index (κ2) is 26.8. The molecule has 202 valence electrons. The molecule has 0 heterocycles. The Balaban J connectivity index is 3.45. The van der Waals surface area contributed by atoms with Gasteiger partial charge in [0.2, 0.25) is 0 Å². The topological polar surface area (TPSA) is 55.8 Å². The van der Waals surface area contributed by atoms with Gasteiger partial charge in [0.05, 0.1) is 14.2 Å². The quantitative estimate of drug-likeness (QED) is 0.0688. The minimum atomic E-state index is -0.0833. The monoisotopic (exact) mass is 503 g/mol. The molecular formula is C28H54ClNO4. The standard InChI is InChI=1S/C28H54ClNO4/c1-33-27(31)21-17-13-9-5-3-7-11-15-19-24-30(26-23-29)25-20-16-12-8-4-6-10-14-18-22-28(32)34-2/h3-26H2,1-2H3. The summed E-state index contributed by atoms with van der Waals surface area (Å²) in [5, 5.41) is 0. The van der Waals surface area contributed by atoms with E-state index in [1.807, 2.05) is 0 Å². The summed E-state index contributed by atoms with van der Waals surface area (Å²) >= 11 is 6.02. The van der Waals surface area contributed by atoms with Gasteiger partial charge in [-0.3, -0.25) is 9.59 Å². The zero-order valence-electron chi connectivity index (χ0n) is 22.4. The van der Waals surface area contributed by atoms with Gasteiger partial charge in [0.1, 0.15) is 0 Å². The summed E-state index contributed by atoms with van der Waals surface area (Å²) < 4.78 is 9.34. The molecule has 0 aromatic rings. The highest BCUT2D eigenvalue weighted by Gasteiger charge is 2.04. The first-order chi connectivity index (χ1) is 16.6. The normalized spacial score (nSPS) is 11.2. The lowest BCUT2D eigenvalue weighted by atomic mass is 10.1. The van der Waals surface area contributed by atoms with Gasteiger partial charge in [-0.25, -0.2) is 0 Å². The highest BCUT2D eigenvalue weighted by molar-refractivity contribution is 6.18. The van der Waals surface area contributed by atoms with Crippen molar-refractivity contribution in [3.63, 3.8) is 0 Å².